The van der Waals surface area contributed by atoms with Crippen LogP contribution in [0.5, 0.6) is 5.75 Å². The van der Waals surface area contributed by atoms with Crippen molar-refractivity contribution in [2.75, 3.05) is 12.9 Å². The number of pyridine rings is 1. The lowest BCUT2D eigenvalue weighted by Crippen LogP contribution is -2.16. The Morgan fingerprint density at radius 1 is 1.12 bits per heavy atom. The van der Waals surface area contributed by atoms with Crippen molar-refractivity contribution < 1.29 is 18.3 Å². The first-order valence-corrected chi connectivity index (χ1v) is 9.65. The number of ether oxygens (including phenoxy) is 1. The fraction of sp³-hybridized carbons (Fsp3) is 0.211. The van der Waals surface area contributed by atoms with E-state index in [9.17, 15) is 13.5 Å². The Morgan fingerprint density at radius 2 is 1.84 bits per heavy atom. The molecule has 0 saturated carbocycles. The maximum Gasteiger partial charge on any atom is 0.157 e. The minimum atomic E-state index is -3.49. The molecule has 0 aliphatic carbocycles. The molecule has 0 radical (unpaired) electrons. The van der Waals surface area contributed by atoms with Gasteiger partial charge in [-0.3, -0.25) is 4.98 Å². The van der Waals surface area contributed by atoms with Crippen molar-refractivity contribution in [2.24, 2.45) is 0 Å². The van der Waals surface area contributed by atoms with Gasteiger partial charge >= 0.3 is 0 Å². The van der Waals surface area contributed by atoms with Gasteiger partial charge in [0.2, 0.25) is 0 Å². The number of sulfone groups is 1. The average Bonchev–Trinajstić information content (AvgIpc) is 2.61. The van der Waals surface area contributed by atoms with Gasteiger partial charge in [0.15, 0.2) is 9.84 Å². The predicted molar refractivity (Wildman–Crippen MR) is 97.2 cm³/mol. The predicted octanol–water partition coefficient (Wildman–Crippen LogP) is 2.89. The van der Waals surface area contributed by atoms with Crippen molar-refractivity contribution in [2.45, 2.75) is 11.9 Å². The molecule has 1 atom stereocenters. The Kier molecular flexibility index (Phi) is 5.01. The Labute approximate surface area is 146 Å². The summed E-state index contributed by atoms with van der Waals surface area (Å²) in [5.74, 6) is 0.158. The number of benzene rings is 2. The van der Waals surface area contributed by atoms with Crippen molar-refractivity contribution in [1.82, 2.24) is 4.98 Å². The number of aliphatic hydroxyl groups is 1. The van der Waals surface area contributed by atoms with Crippen LogP contribution in [-0.4, -0.2) is 31.4 Å². The topological polar surface area (TPSA) is 76.5 Å². The molecule has 1 N–H and O–H groups in total. The van der Waals surface area contributed by atoms with Crippen molar-refractivity contribution in [3.63, 3.8) is 0 Å². The molecule has 0 unspecified atom stereocenters. The first kappa shape index (κ1) is 17.4. The first-order chi connectivity index (χ1) is 12.0. The third-order valence-corrected chi connectivity index (χ3v) is 5.54. The molecule has 5 nitrogen and oxygen atoms in total. The van der Waals surface area contributed by atoms with Crippen LogP contribution in [0.3, 0.4) is 0 Å². The molecule has 0 bridgehead atoms. The van der Waals surface area contributed by atoms with Gasteiger partial charge in [0.05, 0.1) is 30.2 Å². The van der Waals surface area contributed by atoms with Gasteiger partial charge in [-0.05, 0) is 35.4 Å². The summed E-state index contributed by atoms with van der Waals surface area (Å²) in [6, 6.07) is 16.1. The van der Waals surface area contributed by atoms with Crippen LogP contribution in [0.4, 0.5) is 0 Å². The lowest BCUT2D eigenvalue weighted by atomic mass is 10.1. The van der Waals surface area contributed by atoms with Crippen molar-refractivity contribution in [1.29, 1.82) is 0 Å². The van der Waals surface area contributed by atoms with E-state index in [-0.39, 0.29) is 11.5 Å². The zero-order valence-corrected chi connectivity index (χ0v) is 14.6. The molecule has 0 amide bonds. The molecule has 3 aromatic rings. The van der Waals surface area contributed by atoms with Gasteiger partial charge in [0.25, 0.3) is 0 Å². The van der Waals surface area contributed by atoms with E-state index < -0.39 is 15.9 Å². The molecule has 130 valence electrons. The number of aromatic nitrogens is 1. The Hall–Kier alpha value is -2.44. The van der Waals surface area contributed by atoms with Crippen LogP contribution in [0.2, 0.25) is 0 Å². The van der Waals surface area contributed by atoms with E-state index in [4.69, 9.17) is 4.74 Å². The highest BCUT2D eigenvalue weighted by Crippen LogP contribution is 2.21. The molecule has 1 aromatic heterocycles. The summed E-state index contributed by atoms with van der Waals surface area (Å²) in [5, 5.41) is 11.1. The van der Waals surface area contributed by atoms with Gasteiger partial charge in [-0.1, -0.05) is 30.3 Å². The third kappa shape index (κ3) is 4.35. The molecule has 1 heterocycles. The maximum absolute atomic E-state index is 12.4. The van der Waals surface area contributed by atoms with E-state index in [1.807, 2.05) is 30.3 Å². The second-order valence-corrected chi connectivity index (χ2v) is 7.99. The molecule has 0 spiro atoms. The van der Waals surface area contributed by atoms with E-state index in [1.165, 1.54) is 0 Å². The van der Waals surface area contributed by atoms with Gasteiger partial charge in [-0.15, -0.1) is 0 Å². The minimum absolute atomic E-state index is 0.155. The van der Waals surface area contributed by atoms with E-state index in [1.54, 1.807) is 37.6 Å². The first-order valence-electron chi connectivity index (χ1n) is 7.83. The lowest BCUT2D eigenvalue weighted by molar-refractivity contribution is 0.201. The Bertz CT molecular complexity index is 968. The lowest BCUT2D eigenvalue weighted by Gasteiger charge is -2.12. The molecule has 0 fully saturated rings. The second kappa shape index (κ2) is 7.21. The normalized spacial score (nSPS) is 12.9. The molecule has 0 aliphatic heterocycles. The average molecular weight is 357 g/mol. The van der Waals surface area contributed by atoms with E-state index in [2.05, 4.69) is 4.98 Å². The quantitative estimate of drug-likeness (QED) is 0.734. The van der Waals surface area contributed by atoms with Crippen LogP contribution in [0.1, 0.15) is 17.2 Å². The van der Waals surface area contributed by atoms with Crippen LogP contribution >= 0.6 is 0 Å². The molecular formula is C19H19NO4S. The molecule has 6 heteroatoms. The fourth-order valence-corrected chi connectivity index (χ4v) is 4.13. The third-order valence-electron chi connectivity index (χ3n) is 3.95. The van der Waals surface area contributed by atoms with Gasteiger partial charge in [-0.2, -0.15) is 0 Å². The number of aliphatic hydroxyl groups excluding tert-OH is 1. The van der Waals surface area contributed by atoms with Crippen molar-refractivity contribution in [3.8, 4) is 5.75 Å². The highest BCUT2D eigenvalue weighted by molar-refractivity contribution is 7.90. The zero-order chi connectivity index (χ0) is 17.9. The summed E-state index contributed by atoms with van der Waals surface area (Å²) in [7, 11) is -1.94. The summed E-state index contributed by atoms with van der Waals surface area (Å²) >= 11 is 0. The van der Waals surface area contributed by atoms with Crippen LogP contribution in [-0.2, 0) is 15.6 Å². The number of rotatable bonds is 6. The van der Waals surface area contributed by atoms with Gasteiger partial charge in [0.1, 0.15) is 5.75 Å². The maximum atomic E-state index is 12.4. The summed E-state index contributed by atoms with van der Waals surface area (Å²) in [6.07, 6.45) is 0.490. The molecule has 3 rings (SSSR count). The summed E-state index contributed by atoms with van der Waals surface area (Å²) < 4.78 is 29.9. The largest absolute Gasteiger partial charge is 0.497 e. The number of hydrogen-bond donors (Lipinski definition) is 1. The molecule has 0 aliphatic rings. The van der Waals surface area contributed by atoms with E-state index >= 15 is 0 Å². The smallest absolute Gasteiger partial charge is 0.157 e. The highest BCUT2D eigenvalue weighted by Gasteiger charge is 2.20. The summed E-state index contributed by atoms with van der Waals surface area (Å²) in [5.41, 5.74) is 1.98. The van der Waals surface area contributed by atoms with Crippen LogP contribution in [0, 0.1) is 0 Å². The highest BCUT2D eigenvalue weighted by atomic mass is 32.2. The van der Waals surface area contributed by atoms with Gasteiger partial charge in [0, 0.05) is 11.6 Å². The number of hydrogen-bond acceptors (Lipinski definition) is 5. The zero-order valence-electron chi connectivity index (χ0n) is 13.8. The van der Waals surface area contributed by atoms with E-state index in [0.29, 0.717) is 16.9 Å². The standard InChI is InChI=1S/C19H19NO4S/c1-24-17-8-6-15(7-9-17)19(21)13-25(22,23)12-14-10-16-4-2-3-5-18(16)20-11-14/h2-11,19,21H,12-13H2,1H3/t19-/m1/s1. The van der Waals surface area contributed by atoms with Crippen molar-refractivity contribution in [3.05, 3.63) is 71.9 Å². The summed E-state index contributed by atoms with van der Waals surface area (Å²) in [6.45, 7) is 0. The monoisotopic (exact) mass is 357 g/mol. The Balaban J connectivity index is 1.73. The molecule has 0 saturated heterocycles. The van der Waals surface area contributed by atoms with Crippen molar-refractivity contribution >= 4 is 20.7 Å². The van der Waals surface area contributed by atoms with Crippen LogP contribution in [0.15, 0.2) is 60.8 Å². The molecule has 2 aromatic carbocycles. The van der Waals surface area contributed by atoms with E-state index in [0.717, 1.165) is 10.9 Å². The SMILES string of the molecule is COc1ccc([C@H](O)CS(=O)(=O)Cc2cnc3ccccc3c2)cc1. The van der Waals surface area contributed by atoms with Crippen LogP contribution < -0.4 is 4.74 Å². The fourth-order valence-electron chi connectivity index (χ4n) is 2.67. The second-order valence-electron chi connectivity index (χ2n) is 5.88. The number of para-hydroxylation sites is 1. The minimum Gasteiger partial charge on any atom is -0.497 e. The number of methoxy groups -OCH3 is 1. The van der Waals surface area contributed by atoms with Gasteiger partial charge in [-0.25, -0.2) is 8.42 Å². The number of fused-ring (bicyclic) bond motifs is 1. The molecule has 25 heavy (non-hydrogen) atoms. The Morgan fingerprint density at radius 3 is 2.56 bits per heavy atom. The number of nitrogens with zero attached hydrogens (tertiary/aromatic N) is 1. The molecular weight excluding hydrogens is 338 g/mol. The van der Waals surface area contributed by atoms with Gasteiger partial charge < -0.3 is 9.84 Å². The summed E-state index contributed by atoms with van der Waals surface area (Å²) in [4.78, 5) is 4.28. The van der Waals surface area contributed by atoms with Crippen LogP contribution in [0.25, 0.3) is 10.9 Å².